The number of methoxy groups -OCH3 is 1. The number of benzene rings is 1. The molecule has 0 unspecified atom stereocenters. The molecule has 0 fully saturated rings. The fourth-order valence-corrected chi connectivity index (χ4v) is 1.64. The maximum absolute atomic E-state index is 9.19. The van der Waals surface area contributed by atoms with Crippen molar-refractivity contribution in [3.05, 3.63) is 47.8 Å². The lowest BCUT2D eigenvalue weighted by atomic mass is 9.79. The molecule has 92 valence electrons. The van der Waals surface area contributed by atoms with Crippen LogP contribution >= 0.6 is 0 Å². The SMILES string of the molecule is COc1cc(/C=C/c2ccc[nH]2)cc(B(O)O)c1. The van der Waals surface area contributed by atoms with E-state index >= 15 is 0 Å². The van der Waals surface area contributed by atoms with Crippen LogP contribution < -0.4 is 10.2 Å². The van der Waals surface area contributed by atoms with Gasteiger partial charge in [0.2, 0.25) is 0 Å². The lowest BCUT2D eigenvalue weighted by molar-refractivity contribution is 0.412. The van der Waals surface area contributed by atoms with Gasteiger partial charge in [-0.25, -0.2) is 0 Å². The Kier molecular flexibility index (Phi) is 3.87. The first-order chi connectivity index (χ1) is 8.69. The summed E-state index contributed by atoms with van der Waals surface area (Å²) in [5.41, 5.74) is 2.22. The molecule has 0 aliphatic carbocycles. The Balaban J connectivity index is 2.29. The lowest BCUT2D eigenvalue weighted by Gasteiger charge is -2.06. The van der Waals surface area contributed by atoms with Gasteiger partial charge in [-0.2, -0.15) is 0 Å². The number of aromatic amines is 1. The summed E-state index contributed by atoms with van der Waals surface area (Å²) in [7, 11) is 0.0409. The quantitative estimate of drug-likeness (QED) is 0.698. The molecule has 2 aromatic rings. The third-order valence-corrected chi connectivity index (χ3v) is 2.56. The minimum Gasteiger partial charge on any atom is -0.497 e. The first-order valence-electron chi connectivity index (χ1n) is 5.55. The van der Waals surface area contributed by atoms with E-state index < -0.39 is 7.12 Å². The Labute approximate surface area is 106 Å². The van der Waals surface area contributed by atoms with Gasteiger partial charge in [0, 0.05) is 11.9 Å². The van der Waals surface area contributed by atoms with Crippen molar-refractivity contribution < 1.29 is 14.8 Å². The summed E-state index contributed by atoms with van der Waals surface area (Å²) in [6.07, 6.45) is 5.62. The minimum atomic E-state index is -1.50. The van der Waals surface area contributed by atoms with Crippen molar-refractivity contribution >= 4 is 24.7 Å². The van der Waals surface area contributed by atoms with Crippen LogP contribution in [-0.4, -0.2) is 29.3 Å². The van der Waals surface area contributed by atoms with E-state index in [-0.39, 0.29) is 0 Å². The maximum Gasteiger partial charge on any atom is 0.488 e. The molecule has 0 atom stereocenters. The molecule has 18 heavy (non-hydrogen) atoms. The van der Waals surface area contributed by atoms with Crippen LogP contribution in [0.3, 0.4) is 0 Å². The molecule has 0 saturated heterocycles. The Hall–Kier alpha value is -1.98. The monoisotopic (exact) mass is 243 g/mol. The van der Waals surface area contributed by atoms with E-state index in [9.17, 15) is 10.0 Å². The van der Waals surface area contributed by atoms with E-state index in [0.29, 0.717) is 11.2 Å². The molecule has 0 aliphatic rings. The zero-order valence-electron chi connectivity index (χ0n) is 10.00. The Morgan fingerprint density at radius 2 is 2.06 bits per heavy atom. The molecule has 0 radical (unpaired) electrons. The van der Waals surface area contributed by atoms with E-state index in [0.717, 1.165) is 11.3 Å². The van der Waals surface area contributed by atoms with Crippen molar-refractivity contribution in [2.24, 2.45) is 0 Å². The van der Waals surface area contributed by atoms with Gasteiger partial charge in [-0.3, -0.25) is 0 Å². The number of hydrogen-bond acceptors (Lipinski definition) is 3. The summed E-state index contributed by atoms with van der Waals surface area (Å²) in [5, 5.41) is 18.4. The van der Waals surface area contributed by atoms with Gasteiger partial charge in [-0.15, -0.1) is 0 Å². The van der Waals surface area contributed by atoms with E-state index in [1.54, 1.807) is 19.2 Å². The fourth-order valence-electron chi connectivity index (χ4n) is 1.64. The molecule has 1 aromatic carbocycles. The third-order valence-electron chi connectivity index (χ3n) is 2.56. The average molecular weight is 243 g/mol. The van der Waals surface area contributed by atoms with Crippen LogP contribution in [0.5, 0.6) is 5.75 Å². The highest BCUT2D eigenvalue weighted by atomic mass is 16.5. The third kappa shape index (κ3) is 3.03. The van der Waals surface area contributed by atoms with Gasteiger partial charge in [0.1, 0.15) is 5.75 Å². The van der Waals surface area contributed by atoms with Crippen LogP contribution in [0.15, 0.2) is 36.5 Å². The zero-order chi connectivity index (χ0) is 13.0. The number of ether oxygens (including phenoxy) is 1. The van der Waals surface area contributed by atoms with E-state index in [1.807, 2.05) is 36.5 Å². The number of hydrogen-bond donors (Lipinski definition) is 3. The fraction of sp³-hybridized carbons (Fsp3) is 0.0769. The van der Waals surface area contributed by atoms with E-state index in [1.165, 1.54) is 0 Å². The zero-order valence-corrected chi connectivity index (χ0v) is 10.00. The summed E-state index contributed by atoms with van der Waals surface area (Å²) in [6, 6.07) is 8.97. The topological polar surface area (TPSA) is 65.5 Å². The molecule has 0 saturated carbocycles. The predicted octanol–water partition coefficient (Wildman–Crippen LogP) is 0.873. The second-order valence-corrected chi connectivity index (χ2v) is 3.87. The molecule has 2 rings (SSSR count). The second-order valence-electron chi connectivity index (χ2n) is 3.87. The van der Waals surface area contributed by atoms with Crippen LogP contribution in [0, 0.1) is 0 Å². The van der Waals surface area contributed by atoms with Crippen LogP contribution in [0.4, 0.5) is 0 Å². The molecule has 3 N–H and O–H groups in total. The highest BCUT2D eigenvalue weighted by molar-refractivity contribution is 6.58. The van der Waals surface area contributed by atoms with Crippen molar-refractivity contribution in [1.29, 1.82) is 0 Å². The van der Waals surface area contributed by atoms with Crippen LogP contribution in [-0.2, 0) is 0 Å². The van der Waals surface area contributed by atoms with Crippen molar-refractivity contribution in [3.63, 3.8) is 0 Å². The van der Waals surface area contributed by atoms with Gasteiger partial charge >= 0.3 is 7.12 Å². The van der Waals surface area contributed by atoms with Gasteiger partial charge < -0.3 is 19.8 Å². The molecular formula is C13H14BNO3. The Bertz CT molecular complexity index is 535. The molecule has 0 spiro atoms. The molecule has 1 aromatic heterocycles. The highest BCUT2D eigenvalue weighted by Gasteiger charge is 2.12. The van der Waals surface area contributed by atoms with Crippen molar-refractivity contribution in [1.82, 2.24) is 4.98 Å². The maximum atomic E-state index is 9.19. The number of aromatic nitrogens is 1. The molecule has 5 heteroatoms. The molecular weight excluding hydrogens is 229 g/mol. The Morgan fingerprint density at radius 1 is 1.22 bits per heavy atom. The largest absolute Gasteiger partial charge is 0.497 e. The average Bonchev–Trinajstić information content (AvgIpc) is 2.89. The first-order valence-corrected chi connectivity index (χ1v) is 5.55. The molecule has 0 aliphatic heterocycles. The lowest BCUT2D eigenvalue weighted by Crippen LogP contribution is -2.29. The number of nitrogens with one attached hydrogen (secondary N) is 1. The van der Waals surface area contributed by atoms with Crippen LogP contribution in [0.1, 0.15) is 11.3 Å². The van der Waals surface area contributed by atoms with Crippen molar-refractivity contribution in [2.45, 2.75) is 0 Å². The predicted molar refractivity (Wildman–Crippen MR) is 72.5 cm³/mol. The van der Waals surface area contributed by atoms with Gasteiger partial charge in [0.05, 0.1) is 7.11 Å². The van der Waals surface area contributed by atoms with Gasteiger partial charge in [0.25, 0.3) is 0 Å². The summed E-state index contributed by atoms with van der Waals surface area (Å²) in [5.74, 6) is 0.590. The standard InChI is InChI=1S/C13H14BNO3/c1-18-13-8-10(7-11(9-13)14(16)17)4-5-12-3-2-6-15-12/h2-9,15-17H,1H3/b5-4+. The molecule has 0 bridgehead atoms. The van der Waals surface area contributed by atoms with Gasteiger partial charge in [-0.05, 0) is 41.4 Å². The van der Waals surface area contributed by atoms with Gasteiger partial charge in [0.15, 0.2) is 0 Å². The smallest absolute Gasteiger partial charge is 0.488 e. The molecule has 4 nitrogen and oxygen atoms in total. The second kappa shape index (κ2) is 5.57. The van der Waals surface area contributed by atoms with Crippen molar-refractivity contribution in [3.8, 4) is 5.75 Å². The Morgan fingerprint density at radius 3 is 2.67 bits per heavy atom. The number of rotatable bonds is 4. The molecule has 0 amide bonds. The summed E-state index contributed by atoms with van der Waals surface area (Å²) in [4.78, 5) is 3.06. The van der Waals surface area contributed by atoms with E-state index in [4.69, 9.17) is 4.74 Å². The minimum absolute atomic E-state index is 0.403. The van der Waals surface area contributed by atoms with E-state index in [2.05, 4.69) is 4.98 Å². The number of H-pyrrole nitrogens is 1. The molecule has 1 heterocycles. The van der Waals surface area contributed by atoms with Crippen LogP contribution in [0.2, 0.25) is 0 Å². The first kappa shape index (κ1) is 12.5. The normalized spacial score (nSPS) is 10.8. The summed E-state index contributed by atoms with van der Waals surface area (Å²) < 4.78 is 5.12. The highest BCUT2D eigenvalue weighted by Crippen LogP contribution is 2.14. The van der Waals surface area contributed by atoms with Gasteiger partial charge in [-0.1, -0.05) is 12.1 Å². The summed E-state index contributed by atoms with van der Waals surface area (Å²) in [6.45, 7) is 0. The van der Waals surface area contributed by atoms with Crippen LogP contribution in [0.25, 0.3) is 12.2 Å². The van der Waals surface area contributed by atoms with Crippen molar-refractivity contribution in [2.75, 3.05) is 7.11 Å². The summed E-state index contributed by atoms with van der Waals surface area (Å²) >= 11 is 0.